The highest BCUT2D eigenvalue weighted by molar-refractivity contribution is 7.86. The lowest BCUT2D eigenvalue weighted by Crippen LogP contribution is -2.58. The summed E-state index contributed by atoms with van der Waals surface area (Å²) in [6.07, 6.45) is -0.263. The van der Waals surface area contributed by atoms with Crippen LogP contribution in [0.4, 0.5) is 0 Å². The quantitative estimate of drug-likeness (QED) is 0.619. The number of rotatable bonds is 7. The van der Waals surface area contributed by atoms with Crippen molar-refractivity contribution in [1.29, 1.82) is 0 Å². The molecule has 0 aliphatic carbocycles. The van der Waals surface area contributed by atoms with Crippen molar-refractivity contribution < 1.29 is 27.4 Å². The van der Waals surface area contributed by atoms with E-state index in [2.05, 4.69) is 0 Å². The summed E-state index contributed by atoms with van der Waals surface area (Å²) < 4.78 is 45.2. The van der Waals surface area contributed by atoms with Gasteiger partial charge in [-0.05, 0) is 31.5 Å². The predicted molar refractivity (Wildman–Crippen MR) is 111 cm³/mol. The minimum atomic E-state index is -3.55. The molecule has 0 N–H and O–H groups in total. The number of carbonyl (C=O) groups is 1. The van der Waals surface area contributed by atoms with E-state index in [9.17, 15) is 13.2 Å². The number of morpholine rings is 1. The van der Waals surface area contributed by atoms with Gasteiger partial charge in [-0.2, -0.15) is 17.0 Å². The van der Waals surface area contributed by atoms with Crippen LogP contribution < -0.4 is 4.74 Å². The fourth-order valence-corrected chi connectivity index (χ4v) is 5.51. The van der Waals surface area contributed by atoms with E-state index in [1.54, 1.807) is 12.0 Å². The molecule has 30 heavy (non-hydrogen) atoms. The lowest BCUT2D eigenvalue weighted by molar-refractivity contribution is -0.137. The Morgan fingerprint density at radius 3 is 2.40 bits per heavy atom. The van der Waals surface area contributed by atoms with Gasteiger partial charge >= 0.3 is 0 Å². The summed E-state index contributed by atoms with van der Waals surface area (Å²) in [5.41, 5.74) is 0.923. The molecule has 2 atom stereocenters. The number of hydrogen-bond donors (Lipinski definition) is 0. The molecule has 2 unspecified atom stereocenters. The first kappa shape index (κ1) is 23.0. The molecule has 2 aliphatic heterocycles. The molecule has 168 valence electrons. The van der Waals surface area contributed by atoms with Gasteiger partial charge < -0.3 is 19.1 Å². The Hall–Kier alpha value is -1.72. The summed E-state index contributed by atoms with van der Waals surface area (Å²) in [4.78, 5) is 14.1. The van der Waals surface area contributed by atoms with E-state index in [4.69, 9.17) is 14.2 Å². The van der Waals surface area contributed by atoms with Crippen molar-refractivity contribution in [2.75, 3.05) is 53.0 Å². The van der Waals surface area contributed by atoms with Crippen molar-refractivity contribution in [3.8, 4) is 5.75 Å². The van der Waals surface area contributed by atoms with E-state index in [1.807, 2.05) is 38.1 Å². The summed E-state index contributed by atoms with van der Waals surface area (Å²) in [6.45, 7) is 6.00. The van der Waals surface area contributed by atoms with Crippen LogP contribution in [-0.4, -0.2) is 93.0 Å². The summed E-state index contributed by atoms with van der Waals surface area (Å²) in [7, 11) is -1.95. The fourth-order valence-electron chi connectivity index (χ4n) is 3.76. The van der Waals surface area contributed by atoms with Gasteiger partial charge in [0.2, 0.25) is 5.91 Å². The third-order valence-electron chi connectivity index (χ3n) is 5.26. The van der Waals surface area contributed by atoms with E-state index >= 15 is 0 Å². The maximum absolute atomic E-state index is 12.9. The van der Waals surface area contributed by atoms with E-state index in [-0.39, 0.29) is 37.8 Å². The maximum atomic E-state index is 12.9. The Kier molecular flexibility index (Phi) is 7.70. The molecule has 0 radical (unpaired) electrons. The number of carbonyl (C=O) groups excluding carboxylic acids is 1. The van der Waals surface area contributed by atoms with Crippen LogP contribution in [0.2, 0.25) is 0 Å². The molecule has 1 amide bonds. The first-order valence-electron chi connectivity index (χ1n) is 10.2. The van der Waals surface area contributed by atoms with Gasteiger partial charge in [0, 0.05) is 39.3 Å². The van der Waals surface area contributed by atoms with Gasteiger partial charge in [-0.15, -0.1) is 0 Å². The standard InChI is InChI=1S/C20H31N3O6S/c1-16-12-23(13-17(2)29-16)30(25,26)22-9-7-21(8-10-22)20(24)15-28-14-18-5-4-6-19(11-18)27-3/h4-6,11,16-17H,7-10,12-15H2,1-3H3. The number of benzene rings is 1. The molecule has 3 rings (SSSR count). The number of methoxy groups -OCH3 is 1. The molecule has 2 fully saturated rings. The Morgan fingerprint density at radius 1 is 1.10 bits per heavy atom. The molecule has 2 heterocycles. The summed E-state index contributed by atoms with van der Waals surface area (Å²) >= 11 is 0. The smallest absolute Gasteiger partial charge is 0.282 e. The van der Waals surface area contributed by atoms with E-state index in [1.165, 1.54) is 8.61 Å². The normalized spacial score (nSPS) is 24.0. The zero-order valence-electron chi connectivity index (χ0n) is 17.8. The summed E-state index contributed by atoms with van der Waals surface area (Å²) in [5.74, 6) is 0.604. The first-order valence-corrected chi connectivity index (χ1v) is 11.6. The second-order valence-electron chi connectivity index (χ2n) is 7.71. The van der Waals surface area contributed by atoms with Crippen LogP contribution in [0.5, 0.6) is 5.75 Å². The van der Waals surface area contributed by atoms with Crippen molar-refractivity contribution in [3.63, 3.8) is 0 Å². The van der Waals surface area contributed by atoms with Crippen molar-refractivity contribution in [2.24, 2.45) is 0 Å². The highest BCUT2D eigenvalue weighted by Gasteiger charge is 2.37. The third kappa shape index (κ3) is 5.70. The van der Waals surface area contributed by atoms with Crippen LogP contribution in [0.25, 0.3) is 0 Å². The number of ether oxygens (including phenoxy) is 3. The minimum Gasteiger partial charge on any atom is -0.497 e. The lowest BCUT2D eigenvalue weighted by Gasteiger charge is -2.40. The summed E-state index contributed by atoms with van der Waals surface area (Å²) in [6, 6.07) is 7.49. The second kappa shape index (κ2) is 10.1. The van der Waals surface area contributed by atoms with Crippen LogP contribution in [-0.2, 0) is 31.1 Å². The molecular weight excluding hydrogens is 410 g/mol. The number of nitrogens with zero attached hydrogens (tertiary/aromatic N) is 3. The van der Waals surface area contributed by atoms with Crippen molar-refractivity contribution in [3.05, 3.63) is 29.8 Å². The van der Waals surface area contributed by atoms with Gasteiger partial charge in [-0.1, -0.05) is 12.1 Å². The zero-order chi connectivity index (χ0) is 21.7. The molecule has 0 spiro atoms. The second-order valence-corrected chi connectivity index (χ2v) is 9.63. The van der Waals surface area contributed by atoms with Gasteiger partial charge in [0.15, 0.2) is 0 Å². The van der Waals surface area contributed by atoms with Crippen LogP contribution in [0.1, 0.15) is 19.4 Å². The summed E-state index contributed by atoms with van der Waals surface area (Å²) in [5, 5.41) is 0. The molecular formula is C20H31N3O6S. The third-order valence-corrected chi connectivity index (χ3v) is 7.23. The van der Waals surface area contributed by atoms with Crippen molar-refractivity contribution in [1.82, 2.24) is 13.5 Å². The highest BCUT2D eigenvalue weighted by atomic mass is 32.2. The minimum absolute atomic E-state index is 0.0392. The molecule has 1 aromatic carbocycles. The molecule has 1 aromatic rings. The molecule has 2 saturated heterocycles. The van der Waals surface area contributed by atoms with Crippen molar-refractivity contribution in [2.45, 2.75) is 32.7 Å². The monoisotopic (exact) mass is 441 g/mol. The zero-order valence-corrected chi connectivity index (χ0v) is 18.6. The van der Waals surface area contributed by atoms with Gasteiger partial charge in [0.25, 0.3) is 10.2 Å². The van der Waals surface area contributed by atoms with Crippen LogP contribution >= 0.6 is 0 Å². The Morgan fingerprint density at radius 2 is 1.77 bits per heavy atom. The molecule has 0 aromatic heterocycles. The van der Waals surface area contributed by atoms with Gasteiger partial charge in [-0.3, -0.25) is 4.79 Å². The van der Waals surface area contributed by atoms with E-state index in [0.717, 1.165) is 11.3 Å². The molecule has 10 heteroatoms. The van der Waals surface area contributed by atoms with E-state index in [0.29, 0.717) is 32.8 Å². The van der Waals surface area contributed by atoms with E-state index < -0.39 is 10.2 Å². The first-order chi connectivity index (χ1) is 14.3. The highest BCUT2D eigenvalue weighted by Crippen LogP contribution is 2.19. The fraction of sp³-hybridized carbons (Fsp3) is 0.650. The molecule has 0 bridgehead atoms. The predicted octanol–water partition coefficient (Wildman–Crippen LogP) is 0.710. The van der Waals surface area contributed by atoms with Gasteiger partial charge in [-0.25, -0.2) is 0 Å². The average Bonchev–Trinajstić information content (AvgIpc) is 2.73. The van der Waals surface area contributed by atoms with Crippen LogP contribution in [0.3, 0.4) is 0 Å². The SMILES string of the molecule is COc1cccc(COCC(=O)N2CCN(S(=O)(=O)N3CC(C)OC(C)C3)CC2)c1. The molecule has 9 nitrogen and oxygen atoms in total. The van der Waals surface area contributed by atoms with Crippen LogP contribution in [0.15, 0.2) is 24.3 Å². The Bertz CT molecular complexity index is 816. The Labute approximate surface area is 178 Å². The Balaban J connectivity index is 1.45. The van der Waals surface area contributed by atoms with Crippen molar-refractivity contribution >= 4 is 16.1 Å². The van der Waals surface area contributed by atoms with Gasteiger partial charge in [0.05, 0.1) is 25.9 Å². The maximum Gasteiger partial charge on any atom is 0.282 e. The average molecular weight is 442 g/mol. The lowest BCUT2D eigenvalue weighted by atomic mass is 10.2. The number of hydrogen-bond acceptors (Lipinski definition) is 6. The molecule has 2 aliphatic rings. The number of amides is 1. The van der Waals surface area contributed by atoms with Gasteiger partial charge in [0.1, 0.15) is 12.4 Å². The van der Waals surface area contributed by atoms with Crippen LogP contribution in [0, 0.1) is 0 Å². The molecule has 0 saturated carbocycles. The number of piperazine rings is 1. The largest absolute Gasteiger partial charge is 0.497 e. The topological polar surface area (TPSA) is 88.6 Å².